The number of hydrogen-bond donors (Lipinski definition) is 0. The van der Waals surface area contributed by atoms with E-state index in [1.165, 1.54) is 5.56 Å². The van der Waals surface area contributed by atoms with Gasteiger partial charge in [-0.3, -0.25) is 0 Å². The molecule has 170 valence electrons. The van der Waals surface area contributed by atoms with Crippen LogP contribution in [0.4, 0.5) is 4.79 Å². The molecule has 0 unspecified atom stereocenters. The van der Waals surface area contributed by atoms with Crippen LogP contribution >= 0.6 is 0 Å². The quantitative estimate of drug-likeness (QED) is 0.596. The van der Waals surface area contributed by atoms with E-state index in [-0.39, 0.29) is 6.09 Å². The fraction of sp³-hybridized carbons (Fsp3) is 0.458. The van der Waals surface area contributed by atoms with E-state index in [4.69, 9.17) is 19.2 Å². The first-order chi connectivity index (χ1) is 15.3. The van der Waals surface area contributed by atoms with Gasteiger partial charge in [-0.25, -0.2) is 14.3 Å². The highest BCUT2D eigenvalue weighted by atomic mass is 16.6. The molecule has 0 aliphatic carbocycles. The van der Waals surface area contributed by atoms with Gasteiger partial charge in [-0.2, -0.15) is 0 Å². The number of methoxy groups -OCH3 is 2. The molecule has 1 aliphatic rings. The summed E-state index contributed by atoms with van der Waals surface area (Å²) in [5.41, 5.74) is 2.39. The molecule has 3 aromatic rings. The van der Waals surface area contributed by atoms with Crippen LogP contribution in [0.5, 0.6) is 11.5 Å². The van der Waals surface area contributed by atoms with Crippen molar-refractivity contribution in [1.82, 2.24) is 19.5 Å². The summed E-state index contributed by atoms with van der Waals surface area (Å²) < 4.78 is 18.0. The van der Waals surface area contributed by atoms with Crippen molar-refractivity contribution in [2.75, 3.05) is 27.3 Å². The number of nitrogens with zero attached hydrogens (tertiary/aromatic N) is 4. The molecule has 4 rings (SSSR count). The van der Waals surface area contributed by atoms with Crippen LogP contribution < -0.4 is 9.47 Å². The first kappa shape index (κ1) is 21.9. The van der Waals surface area contributed by atoms with Crippen LogP contribution in [-0.4, -0.2) is 58.5 Å². The third-order valence-electron chi connectivity index (χ3n) is 5.62. The van der Waals surface area contributed by atoms with E-state index in [2.05, 4.69) is 17.2 Å². The molecule has 8 heteroatoms. The lowest BCUT2D eigenvalue weighted by molar-refractivity contribution is 0.0205. The smallest absolute Gasteiger partial charge is 0.410 e. The highest BCUT2D eigenvalue weighted by molar-refractivity contribution is 5.68. The van der Waals surface area contributed by atoms with Crippen LogP contribution in [-0.2, 0) is 4.74 Å². The first-order valence-corrected chi connectivity index (χ1v) is 10.8. The summed E-state index contributed by atoms with van der Waals surface area (Å²) in [6.07, 6.45) is 3.50. The Morgan fingerprint density at radius 2 is 1.75 bits per heavy atom. The molecule has 0 N–H and O–H groups in total. The molecule has 1 amide bonds. The number of fused-ring (bicyclic) bond motifs is 1. The van der Waals surface area contributed by atoms with Crippen molar-refractivity contribution in [3.63, 3.8) is 0 Å². The normalized spacial score (nSPS) is 15.1. The van der Waals surface area contributed by atoms with Crippen molar-refractivity contribution in [3.8, 4) is 22.9 Å². The number of carbonyl (C=O) groups is 1. The van der Waals surface area contributed by atoms with Crippen LogP contribution in [0.1, 0.15) is 45.1 Å². The summed E-state index contributed by atoms with van der Waals surface area (Å²) in [6.45, 7) is 7.05. The Morgan fingerprint density at radius 3 is 2.41 bits per heavy atom. The van der Waals surface area contributed by atoms with E-state index in [0.29, 0.717) is 36.3 Å². The summed E-state index contributed by atoms with van der Waals surface area (Å²) in [5.74, 6) is 2.31. The number of ether oxygens (including phenoxy) is 3. The van der Waals surface area contributed by atoms with Crippen molar-refractivity contribution >= 4 is 11.7 Å². The van der Waals surface area contributed by atoms with Gasteiger partial charge in [0, 0.05) is 24.8 Å². The number of piperidine rings is 1. The van der Waals surface area contributed by atoms with Gasteiger partial charge in [0.2, 0.25) is 0 Å². The summed E-state index contributed by atoms with van der Waals surface area (Å²) in [6, 6.07) is 9.83. The van der Waals surface area contributed by atoms with Crippen LogP contribution in [0.2, 0.25) is 0 Å². The van der Waals surface area contributed by atoms with Gasteiger partial charge in [0.1, 0.15) is 5.60 Å². The van der Waals surface area contributed by atoms with E-state index >= 15 is 0 Å². The molecule has 1 aromatic carbocycles. The van der Waals surface area contributed by atoms with Crippen LogP contribution in [0, 0.1) is 0 Å². The zero-order chi connectivity index (χ0) is 22.9. The zero-order valence-electron chi connectivity index (χ0n) is 19.3. The van der Waals surface area contributed by atoms with Crippen LogP contribution in [0.15, 0.2) is 36.5 Å². The predicted molar refractivity (Wildman–Crippen MR) is 121 cm³/mol. The number of likely N-dealkylation sites (tertiary alicyclic amines) is 1. The molecule has 0 saturated carbocycles. The molecular formula is C24H30N4O4. The Labute approximate surface area is 188 Å². The van der Waals surface area contributed by atoms with Gasteiger partial charge in [-0.05, 0) is 75.4 Å². The molecule has 32 heavy (non-hydrogen) atoms. The number of rotatable bonds is 4. The van der Waals surface area contributed by atoms with Crippen molar-refractivity contribution < 1.29 is 19.0 Å². The zero-order valence-corrected chi connectivity index (χ0v) is 19.3. The molecule has 2 aromatic heterocycles. The van der Waals surface area contributed by atoms with E-state index in [0.717, 1.165) is 24.1 Å². The van der Waals surface area contributed by atoms with Gasteiger partial charge < -0.3 is 19.1 Å². The van der Waals surface area contributed by atoms with Gasteiger partial charge in [0.25, 0.3) is 0 Å². The van der Waals surface area contributed by atoms with Crippen LogP contribution in [0.3, 0.4) is 0 Å². The molecule has 0 bridgehead atoms. The Hall–Kier alpha value is -3.29. The molecule has 1 saturated heterocycles. The lowest BCUT2D eigenvalue weighted by Gasteiger charge is -2.33. The predicted octanol–water partition coefficient (Wildman–Crippen LogP) is 4.53. The summed E-state index contributed by atoms with van der Waals surface area (Å²) in [5, 5.41) is 4.61. The molecule has 0 atom stereocenters. The fourth-order valence-electron chi connectivity index (χ4n) is 3.97. The summed E-state index contributed by atoms with van der Waals surface area (Å²) in [7, 11) is 3.22. The Kier molecular flexibility index (Phi) is 5.95. The number of aromatic nitrogens is 3. The Balaban J connectivity index is 1.49. The summed E-state index contributed by atoms with van der Waals surface area (Å²) >= 11 is 0. The SMILES string of the molecule is COc1ccc(-c2nc3cc(C4CCN(C(=O)OC(C)(C)C)CC4)ccn3n2)cc1OC. The number of hydrogen-bond acceptors (Lipinski definition) is 6. The highest BCUT2D eigenvalue weighted by Gasteiger charge is 2.27. The highest BCUT2D eigenvalue weighted by Crippen LogP contribution is 2.32. The van der Waals surface area contributed by atoms with E-state index in [1.807, 2.05) is 45.2 Å². The average Bonchev–Trinajstić information content (AvgIpc) is 3.21. The van der Waals surface area contributed by atoms with Gasteiger partial charge >= 0.3 is 6.09 Å². The first-order valence-electron chi connectivity index (χ1n) is 10.8. The second-order valence-corrected chi connectivity index (χ2v) is 9.01. The van der Waals surface area contributed by atoms with E-state index < -0.39 is 5.60 Å². The third kappa shape index (κ3) is 4.64. The molecule has 3 heterocycles. The second kappa shape index (κ2) is 8.68. The number of pyridine rings is 1. The fourth-order valence-corrected chi connectivity index (χ4v) is 3.97. The summed E-state index contributed by atoms with van der Waals surface area (Å²) in [4.78, 5) is 18.8. The average molecular weight is 439 g/mol. The molecule has 0 spiro atoms. The van der Waals surface area contributed by atoms with Crippen molar-refractivity contribution in [2.45, 2.75) is 45.1 Å². The maximum Gasteiger partial charge on any atom is 0.410 e. The minimum absolute atomic E-state index is 0.233. The molecule has 1 aliphatic heterocycles. The Bertz CT molecular complexity index is 1110. The monoisotopic (exact) mass is 438 g/mol. The van der Waals surface area contributed by atoms with E-state index in [9.17, 15) is 4.79 Å². The third-order valence-corrected chi connectivity index (χ3v) is 5.62. The minimum Gasteiger partial charge on any atom is -0.493 e. The maximum absolute atomic E-state index is 12.3. The molecular weight excluding hydrogens is 408 g/mol. The van der Waals surface area contributed by atoms with Gasteiger partial charge in [0.15, 0.2) is 23.0 Å². The number of benzene rings is 1. The molecule has 0 radical (unpaired) electrons. The second-order valence-electron chi connectivity index (χ2n) is 9.01. The van der Waals surface area contributed by atoms with Crippen LogP contribution in [0.25, 0.3) is 17.0 Å². The van der Waals surface area contributed by atoms with Crippen molar-refractivity contribution in [1.29, 1.82) is 0 Å². The minimum atomic E-state index is -0.474. The number of carbonyl (C=O) groups excluding carboxylic acids is 1. The van der Waals surface area contributed by atoms with Gasteiger partial charge in [-0.1, -0.05) is 0 Å². The van der Waals surface area contributed by atoms with E-state index in [1.54, 1.807) is 23.6 Å². The lowest BCUT2D eigenvalue weighted by Crippen LogP contribution is -2.41. The lowest BCUT2D eigenvalue weighted by atomic mass is 9.90. The molecule has 8 nitrogen and oxygen atoms in total. The van der Waals surface area contributed by atoms with Gasteiger partial charge in [0.05, 0.1) is 14.2 Å². The standard InChI is InChI=1S/C24H30N4O4/c1-24(2,3)32-23(29)27-11-8-16(9-12-27)17-10-13-28-21(15-17)25-22(26-28)18-6-7-19(30-4)20(14-18)31-5/h6-7,10,13-16H,8-9,11-12H2,1-5H3. The topological polar surface area (TPSA) is 78.2 Å². The van der Waals surface area contributed by atoms with Crippen molar-refractivity contribution in [3.05, 3.63) is 42.1 Å². The Morgan fingerprint density at radius 1 is 1.03 bits per heavy atom. The van der Waals surface area contributed by atoms with Crippen molar-refractivity contribution in [2.24, 2.45) is 0 Å². The number of amides is 1. The van der Waals surface area contributed by atoms with Gasteiger partial charge in [-0.15, -0.1) is 5.10 Å². The molecule has 1 fully saturated rings. The largest absolute Gasteiger partial charge is 0.493 e. The maximum atomic E-state index is 12.3.